The first-order valence-corrected chi connectivity index (χ1v) is 7.58. The number of rotatable bonds is 6. The van der Waals surface area contributed by atoms with Crippen molar-refractivity contribution in [1.82, 2.24) is 9.78 Å². The van der Waals surface area contributed by atoms with E-state index in [9.17, 15) is 5.11 Å². The van der Waals surface area contributed by atoms with E-state index in [1.807, 2.05) is 10.7 Å². The lowest BCUT2D eigenvalue weighted by atomic mass is 10.1. The summed E-state index contributed by atoms with van der Waals surface area (Å²) in [6, 6.07) is 7.40. The molecular weight excluding hydrogens is 288 g/mol. The fourth-order valence-corrected chi connectivity index (χ4v) is 2.37. The Morgan fingerprint density at radius 3 is 2.67 bits per heavy atom. The van der Waals surface area contributed by atoms with Crippen molar-refractivity contribution in [2.75, 3.05) is 0 Å². The van der Waals surface area contributed by atoms with E-state index in [0.29, 0.717) is 17.4 Å². The van der Waals surface area contributed by atoms with Gasteiger partial charge in [0, 0.05) is 6.54 Å². The highest BCUT2D eigenvalue weighted by Gasteiger charge is 2.10. The fourth-order valence-electron chi connectivity index (χ4n) is 2.12. The molecule has 0 fully saturated rings. The fraction of sp³-hybridized carbons (Fsp3) is 0.438. The van der Waals surface area contributed by atoms with E-state index < -0.39 is 6.10 Å². The monoisotopic (exact) mass is 308 g/mol. The second kappa shape index (κ2) is 6.96. The summed E-state index contributed by atoms with van der Waals surface area (Å²) in [5.41, 5.74) is 2.87. The molecule has 4 nitrogen and oxygen atoms in total. The van der Waals surface area contributed by atoms with Gasteiger partial charge in [0.25, 0.3) is 0 Å². The van der Waals surface area contributed by atoms with Crippen molar-refractivity contribution in [1.29, 1.82) is 0 Å². The van der Waals surface area contributed by atoms with Crippen LogP contribution >= 0.6 is 11.6 Å². The maximum atomic E-state index is 9.53. The number of aryl methyl sites for hydroxylation is 2. The molecule has 0 aliphatic rings. The third-order valence-corrected chi connectivity index (χ3v) is 3.68. The molecule has 2 rings (SSSR count). The van der Waals surface area contributed by atoms with Crippen LogP contribution in [0.25, 0.3) is 0 Å². The second-order valence-electron chi connectivity index (χ2n) is 4.95. The Labute approximate surface area is 130 Å². The van der Waals surface area contributed by atoms with Gasteiger partial charge >= 0.3 is 0 Å². The maximum Gasteiger partial charge on any atom is 0.138 e. The number of aliphatic hydroxyl groups excluding tert-OH is 1. The Hall–Kier alpha value is -1.52. The molecule has 0 radical (unpaired) electrons. The van der Waals surface area contributed by atoms with Gasteiger partial charge in [-0.1, -0.05) is 24.6 Å². The highest BCUT2D eigenvalue weighted by molar-refractivity contribution is 6.32. The maximum absolute atomic E-state index is 9.53. The molecule has 114 valence electrons. The van der Waals surface area contributed by atoms with E-state index in [1.54, 1.807) is 19.1 Å². The standard InChI is InChI=1S/C16H21ClN2O2/c1-4-13-9-14(19(5-2)18-13)10-21-16-7-6-12(11(3)20)8-15(16)17/h6-9,11,20H,4-5,10H2,1-3H3. The first kappa shape index (κ1) is 15.9. The molecule has 0 saturated heterocycles. The van der Waals surface area contributed by atoms with Crippen molar-refractivity contribution in [2.45, 2.75) is 46.4 Å². The van der Waals surface area contributed by atoms with Crippen LogP contribution < -0.4 is 4.74 Å². The van der Waals surface area contributed by atoms with Gasteiger partial charge in [0.15, 0.2) is 0 Å². The lowest BCUT2D eigenvalue weighted by Gasteiger charge is -2.11. The molecule has 0 saturated carbocycles. The Morgan fingerprint density at radius 1 is 1.33 bits per heavy atom. The molecule has 1 aromatic heterocycles. The number of benzene rings is 1. The summed E-state index contributed by atoms with van der Waals surface area (Å²) >= 11 is 6.19. The van der Waals surface area contributed by atoms with Crippen molar-refractivity contribution >= 4 is 11.6 Å². The molecule has 1 aromatic carbocycles. The number of hydrogen-bond acceptors (Lipinski definition) is 3. The smallest absolute Gasteiger partial charge is 0.138 e. The molecular formula is C16H21ClN2O2. The van der Waals surface area contributed by atoms with Gasteiger partial charge in [0.1, 0.15) is 12.4 Å². The minimum Gasteiger partial charge on any atom is -0.486 e. The van der Waals surface area contributed by atoms with E-state index in [1.165, 1.54) is 0 Å². The largest absolute Gasteiger partial charge is 0.486 e. The van der Waals surface area contributed by atoms with E-state index in [-0.39, 0.29) is 0 Å². The summed E-state index contributed by atoms with van der Waals surface area (Å²) in [7, 11) is 0. The molecule has 0 amide bonds. The number of aromatic nitrogens is 2. The lowest BCUT2D eigenvalue weighted by molar-refractivity contribution is 0.199. The van der Waals surface area contributed by atoms with Crippen LogP contribution in [-0.2, 0) is 19.6 Å². The van der Waals surface area contributed by atoms with Gasteiger partial charge in [-0.15, -0.1) is 0 Å². The third kappa shape index (κ3) is 3.77. The number of nitrogens with zero attached hydrogens (tertiary/aromatic N) is 2. The molecule has 0 aliphatic heterocycles. The first-order chi connectivity index (χ1) is 10.0. The SMILES string of the molecule is CCc1cc(COc2ccc(C(C)O)cc2Cl)n(CC)n1. The molecule has 0 aliphatic carbocycles. The molecule has 1 heterocycles. The minimum absolute atomic E-state index is 0.425. The van der Waals surface area contributed by atoms with E-state index in [2.05, 4.69) is 25.0 Å². The van der Waals surface area contributed by atoms with Gasteiger partial charge in [0.2, 0.25) is 0 Å². The topological polar surface area (TPSA) is 47.3 Å². The van der Waals surface area contributed by atoms with Crippen molar-refractivity contribution in [3.05, 3.63) is 46.2 Å². The average Bonchev–Trinajstić information content (AvgIpc) is 2.88. The van der Waals surface area contributed by atoms with Gasteiger partial charge in [-0.2, -0.15) is 5.10 Å². The van der Waals surface area contributed by atoms with Crippen LogP contribution in [0.5, 0.6) is 5.75 Å². The van der Waals surface area contributed by atoms with E-state index in [0.717, 1.165) is 29.9 Å². The van der Waals surface area contributed by atoms with Gasteiger partial charge in [-0.05, 0) is 44.0 Å². The van der Waals surface area contributed by atoms with Crippen LogP contribution in [0.4, 0.5) is 0 Å². The third-order valence-electron chi connectivity index (χ3n) is 3.39. The molecule has 1 atom stereocenters. The Kier molecular flexibility index (Phi) is 5.26. The second-order valence-corrected chi connectivity index (χ2v) is 5.36. The van der Waals surface area contributed by atoms with Crippen molar-refractivity contribution < 1.29 is 9.84 Å². The van der Waals surface area contributed by atoms with Crippen LogP contribution in [0.2, 0.25) is 5.02 Å². The Morgan fingerprint density at radius 2 is 2.10 bits per heavy atom. The van der Waals surface area contributed by atoms with Crippen LogP contribution in [0.15, 0.2) is 24.3 Å². The highest BCUT2D eigenvalue weighted by Crippen LogP contribution is 2.28. The number of hydrogen-bond donors (Lipinski definition) is 1. The zero-order chi connectivity index (χ0) is 15.4. The van der Waals surface area contributed by atoms with Gasteiger partial charge in [0.05, 0.1) is 22.5 Å². The average molecular weight is 309 g/mol. The number of aliphatic hydroxyl groups is 1. The minimum atomic E-state index is -0.537. The number of ether oxygens (including phenoxy) is 1. The van der Waals surface area contributed by atoms with Crippen LogP contribution in [0.1, 0.15) is 43.8 Å². The molecule has 1 unspecified atom stereocenters. The zero-order valence-electron chi connectivity index (χ0n) is 12.6. The Bertz CT molecular complexity index is 608. The number of halogens is 1. The lowest BCUT2D eigenvalue weighted by Crippen LogP contribution is -2.06. The van der Waals surface area contributed by atoms with Crippen LogP contribution in [0.3, 0.4) is 0 Å². The van der Waals surface area contributed by atoms with E-state index in [4.69, 9.17) is 16.3 Å². The zero-order valence-corrected chi connectivity index (χ0v) is 13.4. The highest BCUT2D eigenvalue weighted by atomic mass is 35.5. The summed E-state index contributed by atoms with van der Waals surface area (Å²) in [5.74, 6) is 0.614. The summed E-state index contributed by atoms with van der Waals surface area (Å²) in [4.78, 5) is 0. The van der Waals surface area contributed by atoms with Crippen molar-refractivity contribution in [3.8, 4) is 5.75 Å². The molecule has 1 N–H and O–H groups in total. The van der Waals surface area contributed by atoms with Gasteiger partial charge < -0.3 is 9.84 Å². The summed E-state index contributed by atoms with van der Waals surface area (Å²) in [5, 5.41) is 14.5. The van der Waals surface area contributed by atoms with Crippen molar-refractivity contribution in [3.63, 3.8) is 0 Å². The normalized spacial score (nSPS) is 12.4. The quantitative estimate of drug-likeness (QED) is 0.884. The molecule has 0 bridgehead atoms. The molecule has 21 heavy (non-hydrogen) atoms. The predicted molar refractivity (Wildman–Crippen MR) is 83.7 cm³/mol. The molecule has 0 spiro atoms. The molecule has 5 heteroatoms. The van der Waals surface area contributed by atoms with E-state index >= 15 is 0 Å². The van der Waals surface area contributed by atoms with Gasteiger partial charge in [-0.3, -0.25) is 4.68 Å². The van der Waals surface area contributed by atoms with Crippen LogP contribution in [0, 0.1) is 0 Å². The van der Waals surface area contributed by atoms with Gasteiger partial charge in [-0.25, -0.2) is 0 Å². The molecule has 2 aromatic rings. The van der Waals surface area contributed by atoms with Crippen LogP contribution in [-0.4, -0.2) is 14.9 Å². The summed E-state index contributed by atoms with van der Waals surface area (Å²) < 4.78 is 7.72. The summed E-state index contributed by atoms with van der Waals surface area (Å²) in [6.45, 7) is 7.08. The Balaban J connectivity index is 2.11. The first-order valence-electron chi connectivity index (χ1n) is 7.21. The summed E-state index contributed by atoms with van der Waals surface area (Å²) in [6.07, 6.45) is 0.370. The van der Waals surface area contributed by atoms with Crippen molar-refractivity contribution in [2.24, 2.45) is 0 Å². The predicted octanol–water partition coefficient (Wildman–Crippen LogP) is 3.75.